The maximum absolute atomic E-state index is 10.5. The number of aromatic nitrogens is 1. The highest BCUT2D eigenvalue weighted by Crippen LogP contribution is 2.35. The van der Waals surface area contributed by atoms with Crippen molar-refractivity contribution in [3.05, 3.63) is 30.0 Å². The van der Waals surface area contributed by atoms with Gasteiger partial charge < -0.3 is 14.5 Å². The Labute approximate surface area is 114 Å². The van der Waals surface area contributed by atoms with Crippen LogP contribution in [0.4, 0.5) is 0 Å². The average molecular weight is 259 g/mol. The van der Waals surface area contributed by atoms with Gasteiger partial charge in [0.05, 0.1) is 6.10 Å². The van der Waals surface area contributed by atoms with Crippen LogP contribution in [0.15, 0.2) is 24.4 Å². The van der Waals surface area contributed by atoms with Crippen LogP contribution in [0.2, 0.25) is 0 Å². The molecule has 1 unspecified atom stereocenters. The Balaban J connectivity index is 2.41. The van der Waals surface area contributed by atoms with Crippen molar-refractivity contribution in [2.75, 3.05) is 0 Å². The van der Waals surface area contributed by atoms with Gasteiger partial charge >= 0.3 is 0 Å². The molecule has 0 spiro atoms. The van der Waals surface area contributed by atoms with E-state index in [1.807, 2.05) is 32.2 Å². The highest BCUT2D eigenvalue weighted by molar-refractivity contribution is 5.89. The molecule has 0 amide bonds. The first kappa shape index (κ1) is 13.7. The summed E-state index contributed by atoms with van der Waals surface area (Å²) in [6.45, 7) is 6.21. The molecular weight excluding hydrogens is 238 g/mol. The van der Waals surface area contributed by atoms with Gasteiger partial charge in [-0.3, -0.25) is 0 Å². The van der Waals surface area contributed by atoms with Crippen LogP contribution in [0.25, 0.3) is 10.9 Å². The molecule has 0 radical (unpaired) electrons. The lowest BCUT2D eigenvalue weighted by atomic mass is 9.95. The molecule has 102 valence electrons. The zero-order chi connectivity index (χ0) is 13.8. The van der Waals surface area contributed by atoms with Gasteiger partial charge in [0.1, 0.15) is 12.0 Å². The number of rotatable bonds is 6. The summed E-state index contributed by atoms with van der Waals surface area (Å²) in [7, 11) is 0. The lowest BCUT2D eigenvalue weighted by Crippen LogP contribution is -2.06. The van der Waals surface area contributed by atoms with E-state index in [1.54, 1.807) is 0 Å². The monoisotopic (exact) mass is 259 g/mol. The summed E-state index contributed by atoms with van der Waals surface area (Å²) < 4.78 is 5.89. The van der Waals surface area contributed by atoms with E-state index < -0.39 is 0 Å². The van der Waals surface area contributed by atoms with Crippen LogP contribution in [0.3, 0.4) is 0 Å². The molecule has 0 saturated carbocycles. The molecule has 2 aromatic rings. The fourth-order valence-corrected chi connectivity index (χ4v) is 2.39. The van der Waals surface area contributed by atoms with E-state index in [2.05, 4.69) is 18.0 Å². The van der Waals surface area contributed by atoms with Crippen LogP contribution in [-0.2, 0) is 4.79 Å². The highest BCUT2D eigenvalue weighted by atomic mass is 16.5. The average Bonchev–Trinajstić information content (AvgIpc) is 2.80. The number of hydrogen-bond acceptors (Lipinski definition) is 2. The molecule has 0 saturated heterocycles. The molecule has 0 fully saturated rings. The Kier molecular flexibility index (Phi) is 4.25. The number of carbonyl (C=O) groups excluding carboxylic acids is 1. The Hall–Kier alpha value is -1.77. The molecule has 0 aliphatic heterocycles. The van der Waals surface area contributed by atoms with E-state index in [1.165, 1.54) is 5.56 Å². The van der Waals surface area contributed by atoms with Crippen molar-refractivity contribution in [2.45, 2.75) is 45.6 Å². The minimum Gasteiger partial charge on any atom is -0.490 e. The quantitative estimate of drug-likeness (QED) is 0.795. The summed E-state index contributed by atoms with van der Waals surface area (Å²) in [6.07, 6.45) is 4.64. The van der Waals surface area contributed by atoms with Crippen molar-refractivity contribution in [1.82, 2.24) is 4.98 Å². The molecule has 0 aliphatic carbocycles. The molecule has 0 bridgehead atoms. The van der Waals surface area contributed by atoms with Crippen molar-refractivity contribution >= 4 is 17.2 Å². The third-order valence-corrected chi connectivity index (χ3v) is 3.31. The van der Waals surface area contributed by atoms with Gasteiger partial charge in [-0.2, -0.15) is 0 Å². The van der Waals surface area contributed by atoms with Crippen molar-refractivity contribution in [3.63, 3.8) is 0 Å². The van der Waals surface area contributed by atoms with E-state index in [0.29, 0.717) is 12.3 Å². The van der Waals surface area contributed by atoms with Crippen LogP contribution < -0.4 is 4.74 Å². The first-order chi connectivity index (χ1) is 9.13. The number of hydrogen-bond donors (Lipinski definition) is 1. The number of nitrogens with one attached hydrogen (secondary N) is 1. The molecule has 19 heavy (non-hydrogen) atoms. The van der Waals surface area contributed by atoms with Crippen LogP contribution in [0, 0.1) is 0 Å². The lowest BCUT2D eigenvalue weighted by Gasteiger charge is -2.14. The zero-order valence-electron chi connectivity index (χ0n) is 11.8. The van der Waals surface area contributed by atoms with Crippen LogP contribution in [0.1, 0.15) is 45.1 Å². The van der Waals surface area contributed by atoms with E-state index in [0.717, 1.165) is 29.4 Å². The number of carbonyl (C=O) groups is 1. The minimum atomic E-state index is 0.152. The minimum absolute atomic E-state index is 0.152. The molecule has 1 aromatic heterocycles. The molecule has 0 aliphatic rings. The second-order valence-electron chi connectivity index (χ2n) is 5.23. The predicted molar refractivity (Wildman–Crippen MR) is 77.8 cm³/mol. The second kappa shape index (κ2) is 5.91. The number of fused-ring (bicyclic) bond motifs is 1. The van der Waals surface area contributed by atoms with E-state index in [9.17, 15) is 4.79 Å². The smallest absolute Gasteiger partial charge is 0.129 e. The van der Waals surface area contributed by atoms with Crippen molar-refractivity contribution in [2.24, 2.45) is 0 Å². The van der Waals surface area contributed by atoms with Gasteiger partial charge in [0.2, 0.25) is 0 Å². The summed E-state index contributed by atoms with van der Waals surface area (Å²) in [5.41, 5.74) is 2.32. The maximum Gasteiger partial charge on any atom is 0.129 e. The Morgan fingerprint density at radius 2 is 2.11 bits per heavy atom. The van der Waals surface area contributed by atoms with Gasteiger partial charge in [-0.1, -0.05) is 13.0 Å². The fourth-order valence-electron chi connectivity index (χ4n) is 2.39. The van der Waals surface area contributed by atoms with E-state index >= 15 is 0 Å². The summed E-state index contributed by atoms with van der Waals surface area (Å²) in [6, 6.07) is 6.06. The topological polar surface area (TPSA) is 42.1 Å². The number of aldehydes is 1. The Bertz CT molecular complexity index is 557. The predicted octanol–water partition coefficient (Wildman–Crippen LogP) is 4.04. The maximum atomic E-state index is 10.5. The van der Waals surface area contributed by atoms with Gasteiger partial charge in [0.15, 0.2) is 0 Å². The summed E-state index contributed by atoms with van der Waals surface area (Å²) in [5, 5.41) is 1.15. The molecule has 3 heteroatoms. The summed E-state index contributed by atoms with van der Waals surface area (Å²) >= 11 is 0. The van der Waals surface area contributed by atoms with Gasteiger partial charge in [-0.25, -0.2) is 0 Å². The van der Waals surface area contributed by atoms with Crippen molar-refractivity contribution < 1.29 is 9.53 Å². The van der Waals surface area contributed by atoms with Crippen LogP contribution >= 0.6 is 0 Å². The molecule has 2 rings (SSSR count). The highest BCUT2D eigenvalue weighted by Gasteiger charge is 2.15. The van der Waals surface area contributed by atoms with Gasteiger partial charge in [-0.15, -0.1) is 0 Å². The van der Waals surface area contributed by atoms with Crippen LogP contribution in [-0.4, -0.2) is 17.4 Å². The number of H-pyrrole nitrogens is 1. The summed E-state index contributed by atoms with van der Waals surface area (Å²) in [5.74, 6) is 1.26. The van der Waals surface area contributed by atoms with Gasteiger partial charge in [0, 0.05) is 23.5 Å². The summed E-state index contributed by atoms with van der Waals surface area (Å²) in [4.78, 5) is 13.8. The molecule has 3 nitrogen and oxygen atoms in total. The Morgan fingerprint density at radius 1 is 1.32 bits per heavy atom. The van der Waals surface area contributed by atoms with Gasteiger partial charge in [-0.05, 0) is 43.9 Å². The standard InChI is InChI=1S/C16H21NO2/c1-11(2)19-15-8-4-7-14-16(15)13(10-17-14)12(3)6-5-9-18/h4,7-12,17H,5-6H2,1-3H3. The fraction of sp³-hybridized carbons (Fsp3) is 0.438. The number of ether oxygens (including phenoxy) is 1. The molecule has 1 N–H and O–H groups in total. The van der Waals surface area contributed by atoms with Gasteiger partial charge in [0.25, 0.3) is 0 Å². The third kappa shape index (κ3) is 2.98. The SMILES string of the molecule is CC(C)Oc1cccc2[nH]cc(C(C)CCC=O)c12. The first-order valence-electron chi connectivity index (χ1n) is 6.83. The molecule has 1 heterocycles. The second-order valence-corrected chi connectivity index (χ2v) is 5.23. The first-order valence-corrected chi connectivity index (χ1v) is 6.83. The van der Waals surface area contributed by atoms with Crippen molar-refractivity contribution in [3.8, 4) is 5.75 Å². The zero-order valence-corrected chi connectivity index (χ0v) is 11.8. The Morgan fingerprint density at radius 3 is 2.79 bits per heavy atom. The molecular formula is C16H21NO2. The van der Waals surface area contributed by atoms with Crippen LogP contribution in [0.5, 0.6) is 5.75 Å². The van der Waals surface area contributed by atoms with E-state index in [-0.39, 0.29) is 6.10 Å². The van der Waals surface area contributed by atoms with E-state index in [4.69, 9.17) is 4.74 Å². The normalized spacial score (nSPS) is 12.8. The molecule has 1 atom stereocenters. The lowest BCUT2D eigenvalue weighted by molar-refractivity contribution is -0.108. The van der Waals surface area contributed by atoms with Crippen molar-refractivity contribution in [1.29, 1.82) is 0 Å². The molecule has 1 aromatic carbocycles. The number of aromatic amines is 1. The largest absolute Gasteiger partial charge is 0.490 e. The number of benzene rings is 1. The third-order valence-electron chi connectivity index (χ3n) is 3.31.